The Balaban J connectivity index is 1.72. The van der Waals surface area contributed by atoms with Gasteiger partial charge in [-0.25, -0.2) is 0 Å². The zero-order valence-corrected chi connectivity index (χ0v) is 11.3. The molecule has 0 bridgehead atoms. The van der Waals surface area contributed by atoms with E-state index >= 15 is 0 Å². The fourth-order valence-electron chi connectivity index (χ4n) is 2.08. The van der Waals surface area contributed by atoms with Crippen molar-refractivity contribution in [1.82, 2.24) is 15.2 Å². The lowest BCUT2D eigenvalue weighted by molar-refractivity contribution is -0.131. The highest BCUT2D eigenvalue weighted by atomic mass is 16.5. The van der Waals surface area contributed by atoms with Crippen molar-refractivity contribution in [2.24, 2.45) is 0 Å². The molecule has 1 aromatic rings. The van der Waals surface area contributed by atoms with Gasteiger partial charge in [-0.3, -0.25) is 9.78 Å². The van der Waals surface area contributed by atoms with Crippen molar-refractivity contribution in [3.05, 3.63) is 30.1 Å². The first-order valence-corrected chi connectivity index (χ1v) is 6.69. The van der Waals surface area contributed by atoms with E-state index in [1.54, 1.807) is 11.1 Å². The summed E-state index contributed by atoms with van der Waals surface area (Å²) in [6.45, 7) is 2.92. The third-order valence-corrected chi connectivity index (χ3v) is 3.30. The number of nitrogens with one attached hydrogen (secondary N) is 1. The van der Waals surface area contributed by atoms with Crippen LogP contribution < -0.4 is 5.32 Å². The van der Waals surface area contributed by atoms with E-state index in [2.05, 4.69) is 10.3 Å². The van der Waals surface area contributed by atoms with Crippen LogP contribution in [-0.2, 0) is 16.0 Å². The number of hydrogen-bond donors (Lipinski definition) is 1. The van der Waals surface area contributed by atoms with Gasteiger partial charge in [0.1, 0.15) is 0 Å². The van der Waals surface area contributed by atoms with E-state index in [1.165, 1.54) is 0 Å². The van der Waals surface area contributed by atoms with Crippen molar-refractivity contribution in [3.8, 4) is 0 Å². The van der Waals surface area contributed by atoms with Crippen molar-refractivity contribution >= 4 is 5.91 Å². The Kier molecular flexibility index (Phi) is 5.30. The van der Waals surface area contributed by atoms with Crippen LogP contribution in [0.5, 0.6) is 0 Å². The highest BCUT2D eigenvalue weighted by Gasteiger charge is 2.18. The first-order chi connectivity index (χ1) is 9.25. The lowest BCUT2D eigenvalue weighted by atomic mass is 10.1. The van der Waals surface area contributed by atoms with Crippen LogP contribution in [0.15, 0.2) is 24.5 Å². The van der Waals surface area contributed by atoms with Crippen LogP contribution in [0.4, 0.5) is 0 Å². The second-order valence-corrected chi connectivity index (χ2v) is 4.86. The summed E-state index contributed by atoms with van der Waals surface area (Å²) in [7, 11) is 1.85. The average molecular weight is 263 g/mol. The molecule has 0 aromatic carbocycles. The smallest absolute Gasteiger partial charge is 0.223 e. The molecule has 2 heterocycles. The van der Waals surface area contributed by atoms with E-state index in [-0.39, 0.29) is 11.9 Å². The Morgan fingerprint density at radius 2 is 2.53 bits per heavy atom. The molecule has 5 nitrogen and oxygen atoms in total. The van der Waals surface area contributed by atoms with E-state index in [4.69, 9.17) is 4.74 Å². The van der Waals surface area contributed by atoms with Crippen molar-refractivity contribution < 1.29 is 9.53 Å². The maximum Gasteiger partial charge on any atom is 0.223 e. The van der Waals surface area contributed by atoms with Crippen molar-refractivity contribution in [3.63, 3.8) is 0 Å². The number of nitrogens with zero attached hydrogens (tertiary/aromatic N) is 2. The van der Waals surface area contributed by atoms with Crippen molar-refractivity contribution in [1.29, 1.82) is 0 Å². The molecule has 1 unspecified atom stereocenters. The van der Waals surface area contributed by atoms with Crippen LogP contribution in [0.1, 0.15) is 12.0 Å². The standard InChI is InChI=1S/C14H21N3O2/c1-17(7-4-12-3-2-5-15-10-12)14(18)9-13-11-19-8-6-16-13/h2-3,5,10,13,16H,4,6-9,11H2,1H3. The zero-order chi connectivity index (χ0) is 13.5. The van der Waals surface area contributed by atoms with Gasteiger partial charge in [0.05, 0.1) is 13.2 Å². The molecule has 1 amide bonds. The fourth-order valence-corrected chi connectivity index (χ4v) is 2.08. The van der Waals surface area contributed by atoms with Gasteiger partial charge in [-0.05, 0) is 18.1 Å². The van der Waals surface area contributed by atoms with E-state index in [9.17, 15) is 4.79 Å². The Morgan fingerprint density at radius 3 is 3.21 bits per heavy atom. The van der Waals surface area contributed by atoms with E-state index < -0.39 is 0 Å². The summed E-state index contributed by atoms with van der Waals surface area (Å²) in [4.78, 5) is 17.9. The van der Waals surface area contributed by atoms with Crippen molar-refractivity contribution in [2.45, 2.75) is 18.9 Å². The Labute approximate surface area is 114 Å². The summed E-state index contributed by atoms with van der Waals surface area (Å²) in [5, 5.41) is 3.30. The summed E-state index contributed by atoms with van der Waals surface area (Å²) >= 11 is 0. The molecule has 1 atom stereocenters. The van der Waals surface area contributed by atoms with Gasteiger partial charge in [0.25, 0.3) is 0 Å². The minimum Gasteiger partial charge on any atom is -0.378 e. The molecule has 0 spiro atoms. The van der Waals surface area contributed by atoms with E-state index in [1.807, 2.05) is 25.4 Å². The molecule has 1 aliphatic heterocycles. The molecule has 1 aliphatic rings. The van der Waals surface area contributed by atoms with Gasteiger partial charge >= 0.3 is 0 Å². The van der Waals surface area contributed by atoms with E-state index in [0.717, 1.165) is 31.7 Å². The molecule has 1 fully saturated rings. The Bertz CT molecular complexity index is 391. The molecule has 0 saturated carbocycles. The summed E-state index contributed by atoms with van der Waals surface area (Å²) in [5.41, 5.74) is 1.15. The fraction of sp³-hybridized carbons (Fsp3) is 0.571. The van der Waals surface area contributed by atoms with Gasteiger partial charge in [0.15, 0.2) is 0 Å². The quantitative estimate of drug-likeness (QED) is 0.838. The summed E-state index contributed by atoms with van der Waals surface area (Å²) < 4.78 is 5.35. The molecule has 5 heteroatoms. The van der Waals surface area contributed by atoms with Crippen LogP contribution in [0.2, 0.25) is 0 Å². The predicted octanol–water partition coefficient (Wildman–Crippen LogP) is 0.461. The maximum atomic E-state index is 12.0. The highest BCUT2D eigenvalue weighted by molar-refractivity contribution is 5.76. The van der Waals surface area contributed by atoms with Gasteiger partial charge in [-0.2, -0.15) is 0 Å². The minimum absolute atomic E-state index is 0.155. The predicted molar refractivity (Wildman–Crippen MR) is 72.8 cm³/mol. The monoisotopic (exact) mass is 263 g/mol. The number of carbonyl (C=O) groups is 1. The molecule has 1 saturated heterocycles. The molecule has 1 N–H and O–H groups in total. The van der Waals surface area contributed by atoms with Crippen LogP contribution in [0.25, 0.3) is 0 Å². The van der Waals surface area contributed by atoms with Gasteiger partial charge in [-0.15, -0.1) is 0 Å². The topological polar surface area (TPSA) is 54.5 Å². The molecular weight excluding hydrogens is 242 g/mol. The number of pyridine rings is 1. The Hall–Kier alpha value is -1.46. The molecule has 0 aliphatic carbocycles. The second kappa shape index (κ2) is 7.21. The minimum atomic E-state index is 0.155. The van der Waals surface area contributed by atoms with Crippen molar-refractivity contribution in [2.75, 3.05) is 33.4 Å². The average Bonchev–Trinajstić information content (AvgIpc) is 2.47. The molecular formula is C14H21N3O2. The molecule has 0 radical (unpaired) electrons. The van der Waals surface area contributed by atoms with Crippen LogP contribution in [0, 0.1) is 0 Å². The lowest BCUT2D eigenvalue weighted by Gasteiger charge is -2.25. The Morgan fingerprint density at radius 1 is 1.63 bits per heavy atom. The lowest BCUT2D eigenvalue weighted by Crippen LogP contribution is -2.44. The number of ether oxygens (including phenoxy) is 1. The SMILES string of the molecule is CN(CCc1cccnc1)C(=O)CC1COCCN1. The van der Waals surface area contributed by atoms with Crippen LogP contribution >= 0.6 is 0 Å². The molecule has 1 aromatic heterocycles. The number of morpholine rings is 1. The number of likely N-dealkylation sites (N-methyl/N-ethyl adjacent to an activating group) is 1. The van der Waals surface area contributed by atoms with E-state index in [0.29, 0.717) is 13.0 Å². The number of hydrogen-bond acceptors (Lipinski definition) is 4. The van der Waals surface area contributed by atoms with Gasteiger partial charge < -0.3 is 15.0 Å². The first kappa shape index (κ1) is 14.0. The summed E-state index contributed by atoms with van der Waals surface area (Å²) in [6, 6.07) is 4.10. The maximum absolute atomic E-state index is 12.0. The van der Waals surface area contributed by atoms with Gasteiger partial charge in [0.2, 0.25) is 5.91 Å². The number of carbonyl (C=O) groups excluding carboxylic acids is 1. The summed E-state index contributed by atoms with van der Waals surface area (Å²) in [5.74, 6) is 0.159. The summed E-state index contributed by atoms with van der Waals surface area (Å²) in [6.07, 6.45) is 4.94. The molecule has 2 rings (SSSR count). The van der Waals surface area contributed by atoms with Crippen LogP contribution in [0.3, 0.4) is 0 Å². The third-order valence-electron chi connectivity index (χ3n) is 3.30. The van der Waals surface area contributed by atoms with Gasteiger partial charge in [-0.1, -0.05) is 6.07 Å². The number of amides is 1. The van der Waals surface area contributed by atoms with Crippen LogP contribution in [-0.4, -0.2) is 55.2 Å². The molecule has 104 valence electrons. The normalized spacial score (nSPS) is 19.1. The third kappa shape index (κ3) is 4.61. The largest absolute Gasteiger partial charge is 0.378 e. The van der Waals surface area contributed by atoms with Gasteiger partial charge in [0, 0.05) is 45.0 Å². The number of rotatable bonds is 5. The highest BCUT2D eigenvalue weighted by Crippen LogP contribution is 2.03. The zero-order valence-electron chi connectivity index (χ0n) is 11.3. The molecule has 19 heavy (non-hydrogen) atoms. The second-order valence-electron chi connectivity index (χ2n) is 4.86. The number of aromatic nitrogens is 1. The first-order valence-electron chi connectivity index (χ1n) is 6.69.